The van der Waals surface area contributed by atoms with Crippen LogP contribution in [0.25, 0.3) is 22.5 Å². The number of hydrogen-bond donors (Lipinski definition) is 0. The Morgan fingerprint density at radius 1 is 1.02 bits per heavy atom. The Morgan fingerprint density at radius 3 is 2.48 bits per heavy atom. The average molecular weight is 541 g/mol. The molecule has 1 aliphatic carbocycles. The fraction of sp³-hybridized carbons (Fsp3) is 0.310. The molecule has 2 aliphatic rings. The summed E-state index contributed by atoms with van der Waals surface area (Å²) in [6, 6.07) is 18.0. The second-order valence-corrected chi connectivity index (χ2v) is 9.75. The van der Waals surface area contributed by atoms with Crippen molar-refractivity contribution in [3.63, 3.8) is 0 Å². The van der Waals surface area contributed by atoms with Crippen LogP contribution in [0.15, 0.2) is 60.8 Å². The van der Waals surface area contributed by atoms with Gasteiger partial charge in [-0.1, -0.05) is 53.7 Å². The largest absolute Gasteiger partial charge is 0.464 e. The number of amides is 1. The summed E-state index contributed by atoms with van der Waals surface area (Å²) in [5.74, 6) is -0.128. The summed E-state index contributed by atoms with van der Waals surface area (Å²) in [4.78, 5) is 35.1. The molecule has 11 heteroatoms. The van der Waals surface area contributed by atoms with Crippen molar-refractivity contribution < 1.29 is 23.8 Å². The van der Waals surface area contributed by atoms with Crippen LogP contribution in [-0.4, -0.2) is 81.4 Å². The van der Waals surface area contributed by atoms with Crippen LogP contribution in [0.3, 0.4) is 0 Å². The van der Waals surface area contributed by atoms with Gasteiger partial charge in [0.2, 0.25) is 0 Å². The molecule has 4 aromatic rings. The molecular weight excluding hydrogens is 512 g/mol. The SMILES string of the molecule is COC(=O)c1cc(-c2cn(CC3CN(C(=O)OCC4c5ccccc5-c5ccccc54)CCO3)nn2)nc(C)n1. The molecule has 2 aromatic heterocycles. The van der Waals surface area contributed by atoms with Crippen molar-refractivity contribution in [1.29, 1.82) is 0 Å². The molecule has 1 unspecified atom stereocenters. The Labute approximate surface area is 230 Å². The maximum absolute atomic E-state index is 13.1. The van der Waals surface area contributed by atoms with E-state index in [2.05, 4.69) is 44.5 Å². The van der Waals surface area contributed by atoms with Crippen LogP contribution in [-0.2, 0) is 20.8 Å². The van der Waals surface area contributed by atoms with Crippen molar-refractivity contribution in [3.8, 4) is 22.5 Å². The van der Waals surface area contributed by atoms with Crippen molar-refractivity contribution in [3.05, 3.63) is 83.4 Å². The number of carbonyl (C=O) groups is 2. The summed E-state index contributed by atoms with van der Waals surface area (Å²) in [6.45, 7) is 3.55. The van der Waals surface area contributed by atoms with Gasteiger partial charge in [-0.3, -0.25) is 0 Å². The van der Waals surface area contributed by atoms with E-state index >= 15 is 0 Å². The van der Waals surface area contributed by atoms with E-state index in [-0.39, 0.29) is 30.4 Å². The van der Waals surface area contributed by atoms with Gasteiger partial charge in [-0.2, -0.15) is 0 Å². The zero-order valence-corrected chi connectivity index (χ0v) is 22.2. The molecule has 3 heterocycles. The Balaban J connectivity index is 1.09. The molecule has 1 atom stereocenters. The van der Waals surface area contributed by atoms with E-state index in [1.807, 2.05) is 24.3 Å². The van der Waals surface area contributed by atoms with Crippen LogP contribution in [0.1, 0.15) is 33.4 Å². The average Bonchev–Trinajstić information content (AvgIpc) is 3.58. The Bertz CT molecular complexity index is 1520. The number of hydrogen-bond acceptors (Lipinski definition) is 9. The Hall–Kier alpha value is -4.64. The minimum absolute atomic E-state index is 0.00638. The third-order valence-corrected chi connectivity index (χ3v) is 7.16. The van der Waals surface area contributed by atoms with Gasteiger partial charge in [0.15, 0.2) is 5.69 Å². The smallest absolute Gasteiger partial charge is 0.409 e. The first-order chi connectivity index (χ1) is 19.5. The van der Waals surface area contributed by atoms with Gasteiger partial charge in [0.05, 0.1) is 44.8 Å². The number of aryl methyl sites for hydroxylation is 1. The van der Waals surface area contributed by atoms with Gasteiger partial charge in [-0.05, 0) is 35.2 Å². The molecule has 1 fully saturated rings. The van der Waals surface area contributed by atoms with Crippen LogP contribution in [0, 0.1) is 6.92 Å². The number of nitrogens with zero attached hydrogens (tertiary/aromatic N) is 6. The minimum Gasteiger partial charge on any atom is -0.464 e. The first kappa shape index (κ1) is 25.6. The molecule has 6 rings (SSSR count). The Morgan fingerprint density at radius 2 is 1.75 bits per heavy atom. The van der Waals surface area contributed by atoms with E-state index in [4.69, 9.17) is 14.2 Å². The highest BCUT2D eigenvalue weighted by Crippen LogP contribution is 2.44. The monoisotopic (exact) mass is 540 g/mol. The highest BCUT2D eigenvalue weighted by atomic mass is 16.6. The number of benzene rings is 2. The highest BCUT2D eigenvalue weighted by Gasteiger charge is 2.31. The van der Waals surface area contributed by atoms with Gasteiger partial charge in [-0.25, -0.2) is 24.2 Å². The van der Waals surface area contributed by atoms with Crippen molar-refractivity contribution in [2.24, 2.45) is 0 Å². The summed E-state index contributed by atoms with van der Waals surface area (Å²) < 4.78 is 18.1. The van der Waals surface area contributed by atoms with Crippen molar-refractivity contribution in [2.45, 2.75) is 25.5 Å². The molecule has 1 saturated heterocycles. The summed E-state index contributed by atoms with van der Waals surface area (Å²) in [5, 5.41) is 8.38. The highest BCUT2D eigenvalue weighted by molar-refractivity contribution is 5.88. The zero-order valence-electron chi connectivity index (χ0n) is 22.2. The zero-order chi connectivity index (χ0) is 27.6. The van der Waals surface area contributed by atoms with Gasteiger partial charge in [0.1, 0.15) is 18.1 Å². The van der Waals surface area contributed by atoms with E-state index in [1.54, 1.807) is 22.7 Å². The standard InChI is InChI=1S/C29H28N6O5/c1-18-30-25(13-26(31-18)28(36)38-2)27-16-35(33-32-27)15-19-14-34(11-12-39-19)29(37)40-17-24-22-9-5-3-7-20(22)21-8-4-6-10-23(21)24/h3-10,13,16,19,24H,11-12,14-15,17H2,1-2H3. The second-order valence-electron chi connectivity index (χ2n) is 9.75. The fourth-order valence-corrected chi connectivity index (χ4v) is 5.30. The second kappa shape index (κ2) is 10.9. The first-order valence-corrected chi connectivity index (χ1v) is 13.1. The van der Waals surface area contributed by atoms with Crippen molar-refractivity contribution in [2.75, 3.05) is 33.4 Å². The summed E-state index contributed by atoms with van der Waals surface area (Å²) >= 11 is 0. The number of rotatable bonds is 6. The number of morpholine rings is 1. The summed E-state index contributed by atoms with van der Waals surface area (Å²) in [6.07, 6.45) is 1.07. The molecule has 40 heavy (non-hydrogen) atoms. The maximum atomic E-state index is 13.1. The van der Waals surface area contributed by atoms with Crippen LogP contribution in [0.2, 0.25) is 0 Å². The molecule has 0 N–H and O–H groups in total. The minimum atomic E-state index is -0.553. The Kier molecular flexibility index (Phi) is 6.95. The topological polar surface area (TPSA) is 122 Å². The molecule has 0 bridgehead atoms. The quantitative estimate of drug-likeness (QED) is 0.338. The molecule has 1 amide bonds. The lowest BCUT2D eigenvalue weighted by molar-refractivity contribution is -0.0358. The molecule has 11 nitrogen and oxygen atoms in total. The van der Waals surface area contributed by atoms with E-state index in [0.29, 0.717) is 43.5 Å². The van der Waals surface area contributed by atoms with E-state index < -0.39 is 5.97 Å². The number of fused-ring (bicyclic) bond motifs is 3. The molecule has 0 spiro atoms. The molecule has 2 aromatic carbocycles. The normalized spacial score (nSPS) is 16.4. The van der Waals surface area contributed by atoms with Gasteiger partial charge >= 0.3 is 12.1 Å². The van der Waals surface area contributed by atoms with Gasteiger partial charge < -0.3 is 19.1 Å². The van der Waals surface area contributed by atoms with Gasteiger partial charge in [-0.15, -0.1) is 5.10 Å². The molecule has 1 aliphatic heterocycles. The number of ether oxygens (including phenoxy) is 3. The lowest BCUT2D eigenvalue weighted by atomic mass is 9.98. The maximum Gasteiger partial charge on any atom is 0.409 e. The lowest BCUT2D eigenvalue weighted by Crippen LogP contribution is -2.47. The lowest BCUT2D eigenvalue weighted by Gasteiger charge is -2.32. The summed E-state index contributed by atoms with van der Waals surface area (Å²) in [5.41, 5.74) is 5.83. The molecular formula is C29H28N6O5. The number of carbonyl (C=O) groups excluding carboxylic acids is 2. The predicted octanol–water partition coefficient (Wildman–Crippen LogP) is 3.48. The van der Waals surface area contributed by atoms with Crippen LogP contribution in [0.4, 0.5) is 4.79 Å². The third-order valence-electron chi connectivity index (χ3n) is 7.16. The van der Waals surface area contributed by atoms with E-state index in [0.717, 1.165) is 0 Å². The summed E-state index contributed by atoms with van der Waals surface area (Å²) in [7, 11) is 1.30. The molecule has 204 valence electrons. The third kappa shape index (κ3) is 5.03. The predicted molar refractivity (Wildman–Crippen MR) is 144 cm³/mol. The number of aromatic nitrogens is 5. The van der Waals surface area contributed by atoms with Crippen LogP contribution >= 0.6 is 0 Å². The van der Waals surface area contributed by atoms with E-state index in [1.165, 1.54) is 35.4 Å². The van der Waals surface area contributed by atoms with E-state index in [9.17, 15) is 9.59 Å². The molecule has 0 radical (unpaired) electrons. The van der Waals surface area contributed by atoms with Gasteiger partial charge in [0, 0.05) is 12.5 Å². The molecule has 0 saturated carbocycles. The van der Waals surface area contributed by atoms with Crippen molar-refractivity contribution in [1.82, 2.24) is 29.9 Å². The van der Waals surface area contributed by atoms with Gasteiger partial charge in [0.25, 0.3) is 0 Å². The number of esters is 1. The first-order valence-electron chi connectivity index (χ1n) is 13.1. The van der Waals surface area contributed by atoms with Crippen LogP contribution < -0.4 is 0 Å². The van der Waals surface area contributed by atoms with Crippen LogP contribution in [0.5, 0.6) is 0 Å². The fourth-order valence-electron chi connectivity index (χ4n) is 5.30. The van der Waals surface area contributed by atoms with Crippen molar-refractivity contribution >= 4 is 12.1 Å². The number of methoxy groups -OCH3 is 1.